The number of rotatable bonds is 6. The van der Waals surface area contributed by atoms with Gasteiger partial charge in [-0.05, 0) is 31.9 Å². The van der Waals surface area contributed by atoms with Gasteiger partial charge in [-0.15, -0.1) is 0 Å². The van der Waals surface area contributed by atoms with E-state index in [1.54, 1.807) is 24.3 Å². The molecule has 1 aromatic carbocycles. The largest absolute Gasteiger partial charge is 0.298 e. The van der Waals surface area contributed by atoms with Crippen LogP contribution in [0.1, 0.15) is 45.0 Å². The maximum atomic E-state index is 11.8. The van der Waals surface area contributed by atoms with E-state index in [-0.39, 0.29) is 11.0 Å². The van der Waals surface area contributed by atoms with Crippen LogP contribution in [0.3, 0.4) is 0 Å². The minimum Gasteiger partial charge on any atom is -0.298 e. The summed E-state index contributed by atoms with van der Waals surface area (Å²) in [5.74, 6) is 0.407. The van der Waals surface area contributed by atoms with Crippen molar-refractivity contribution in [1.29, 1.82) is 0 Å². The lowest BCUT2D eigenvalue weighted by atomic mass is 10.0. The summed E-state index contributed by atoms with van der Waals surface area (Å²) in [4.78, 5) is 23.2. The topological polar surface area (TPSA) is 34.1 Å². The summed E-state index contributed by atoms with van der Waals surface area (Å²) in [6.45, 7) is 13.6. The molecule has 0 fully saturated rings. The van der Waals surface area contributed by atoms with Gasteiger partial charge in [0, 0.05) is 16.4 Å². The molecule has 0 spiro atoms. The summed E-state index contributed by atoms with van der Waals surface area (Å²) < 4.78 is 0. The zero-order valence-corrected chi connectivity index (χ0v) is 16.1. The molecule has 0 aliphatic heterocycles. The van der Waals surface area contributed by atoms with E-state index in [4.69, 9.17) is 0 Å². The summed E-state index contributed by atoms with van der Waals surface area (Å²) in [7, 11) is 0. The van der Waals surface area contributed by atoms with Gasteiger partial charge in [0.25, 0.3) is 0 Å². The van der Waals surface area contributed by atoms with Crippen molar-refractivity contribution in [3.8, 4) is 0 Å². The molecule has 0 heterocycles. The van der Waals surface area contributed by atoms with E-state index in [1.165, 1.54) is 17.3 Å². The number of benzene rings is 1. The van der Waals surface area contributed by atoms with E-state index in [2.05, 4.69) is 6.58 Å². The predicted octanol–water partition coefficient (Wildman–Crippen LogP) is 6.10. The van der Waals surface area contributed by atoms with Crippen molar-refractivity contribution in [2.45, 2.75) is 39.5 Å². The van der Waals surface area contributed by atoms with E-state index in [9.17, 15) is 9.59 Å². The second-order valence-electron chi connectivity index (χ2n) is 5.78. The fourth-order valence-electron chi connectivity index (χ4n) is 1.41. The average Bonchev–Trinajstić information content (AvgIpc) is 2.59. The van der Waals surface area contributed by atoms with Crippen molar-refractivity contribution in [3.05, 3.63) is 66.3 Å². The minimum atomic E-state index is 0.0516. The van der Waals surface area contributed by atoms with E-state index in [0.29, 0.717) is 11.5 Å². The molecule has 1 atom stereocenters. The van der Waals surface area contributed by atoms with Crippen molar-refractivity contribution in [2.24, 2.45) is 11.8 Å². The Morgan fingerprint density at radius 1 is 1.17 bits per heavy atom. The van der Waals surface area contributed by atoms with Gasteiger partial charge in [-0.1, -0.05) is 81.1 Å². The van der Waals surface area contributed by atoms with E-state index >= 15 is 0 Å². The zero-order valence-electron chi connectivity index (χ0n) is 15.3. The van der Waals surface area contributed by atoms with Crippen molar-refractivity contribution in [1.82, 2.24) is 0 Å². The summed E-state index contributed by atoms with van der Waals surface area (Å²) in [6.07, 6.45) is 8.64. The Hall–Kier alpha value is -1.87. The number of allylic oxidation sites excluding steroid dienone is 5. The molecule has 0 aliphatic rings. The Labute approximate surface area is 150 Å². The molecule has 0 saturated heterocycles. The highest BCUT2D eigenvalue weighted by Crippen LogP contribution is 2.25. The molecule has 1 aromatic rings. The van der Waals surface area contributed by atoms with Crippen LogP contribution >= 0.6 is 11.8 Å². The number of hydrogen-bond donors (Lipinski definition) is 0. The normalized spacial score (nSPS) is 12.5. The van der Waals surface area contributed by atoms with Crippen molar-refractivity contribution < 1.29 is 9.59 Å². The van der Waals surface area contributed by atoms with Crippen LogP contribution in [0.5, 0.6) is 0 Å². The number of hydrogen-bond acceptors (Lipinski definition) is 3. The molecule has 1 unspecified atom stereocenters. The van der Waals surface area contributed by atoms with Crippen LogP contribution in [0, 0.1) is 11.8 Å². The van der Waals surface area contributed by atoms with Crippen LogP contribution in [0.15, 0.2) is 65.6 Å². The lowest BCUT2D eigenvalue weighted by Gasteiger charge is -2.13. The van der Waals surface area contributed by atoms with Crippen molar-refractivity contribution >= 4 is 23.2 Å². The Morgan fingerprint density at radius 2 is 1.75 bits per heavy atom. The van der Waals surface area contributed by atoms with E-state index in [0.717, 1.165) is 11.2 Å². The Morgan fingerprint density at radius 3 is 2.17 bits per heavy atom. The standard InChI is InChI=1S/C13H16O2S.C8H12/c1-9(2)10(3)13(15)16-12-6-4-11(8-14)5-7-12;1-4-6-7-8(3)5-2/h4-10H,1-3H3;4-7H,2H2,1,3H3/b;6-4-,8-7-. The van der Waals surface area contributed by atoms with Gasteiger partial charge in [0.1, 0.15) is 6.29 Å². The monoisotopic (exact) mass is 344 g/mol. The smallest absolute Gasteiger partial charge is 0.196 e. The van der Waals surface area contributed by atoms with Gasteiger partial charge in [-0.3, -0.25) is 9.59 Å². The van der Waals surface area contributed by atoms with Gasteiger partial charge < -0.3 is 0 Å². The fourth-order valence-corrected chi connectivity index (χ4v) is 2.37. The third-order valence-electron chi connectivity index (χ3n) is 3.48. The van der Waals surface area contributed by atoms with Crippen LogP contribution in [-0.2, 0) is 4.79 Å². The second-order valence-corrected chi connectivity index (χ2v) is 6.86. The van der Waals surface area contributed by atoms with Gasteiger partial charge >= 0.3 is 0 Å². The SMILES string of the molecule is C=C/C(C)=C\C=C/C.CC(C)C(C)C(=O)Sc1ccc(C=O)cc1. The molecule has 24 heavy (non-hydrogen) atoms. The second kappa shape index (κ2) is 12.5. The number of carbonyl (C=O) groups is 2. The molecule has 2 nitrogen and oxygen atoms in total. The first-order chi connectivity index (χ1) is 11.3. The van der Waals surface area contributed by atoms with Gasteiger partial charge in [0.2, 0.25) is 0 Å². The summed E-state index contributed by atoms with van der Waals surface area (Å²) in [5.41, 5.74) is 1.83. The van der Waals surface area contributed by atoms with Crippen molar-refractivity contribution in [2.75, 3.05) is 0 Å². The quantitative estimate of drug-likeness (QED) is 0.355. The molecule has 3 heteroatoms. The first-order valence-electron chi connectivity index (χ1n) is 8.04. The van der Waals surface area contributed by atoms with Crippen LogP contribution < -0.4 is 0 Å². The molecule has 0 radical (unpaired) electrons. The van der Waals surface area contributed by atoms with Crippen molar-refractivity contribution in [3.63, 3.8) is 0 Å². The highest BCUT2D eigenvalue weighted by molar-refractivity contribution is 8.13. The number of carbonyl (C=O) groups excluding carboxylic acids is 2. The predicted molar refractivity (Wildman–Crippen MR) is 105 cm³/mol. The Kier molecular flexibility index (Phi) is 11.6. The first kappa shape index (κ1) is 22.1. The molecule has 0 saturated carbocycles. The van der Waals surface area contributed by atoms with Crippen LogP contribution in [-0.4, -0.2) is 11.4 Å². The lowest BCUT2D eigenvalue weighted by molar-refractivity contribution is -0.114. The molecule has 0 aromatic heterocycles. The molecule has 0 amide bonds. The van der Waals surface area contributed by atoms with Crippen LogP contribution in [0.25, 0.3) is 0 Å². The molecule has 0 bridgehead atoms. The first-order valence-corrected chi connectivity index (χ1v) is 8.86. The van der Waals surface area contributed by atoms with E-state index < -0.39 is 0 Å². The highest BCUT2D eigenvalue weighted by atomic mass is 32.2. The lowest BCUT2D eigenvalue weighted by Crippen LogP contribution is -2.13. The van der Waals surface area contributed by atoms with Gasteiger partial charge in [0.15, 0.2) is 5.12 Å². The summed E-state index contributed by atoms with van der Waals surface area (Å²) >= 11 is 1.24. The minimum absolute atomic E-state index is 0.0516. The third kappa shape index (κ3) is 9.31. The molecular weight excluding hydrogens is 316 g/mol. The fraction of sp³-hybridized carbons (Fsp3) is 0.333. The summed E-state index contributed by atoms with van der Waals surface area (Å²) in [5, 5.41) is 0.175. The average molecular weight is 345 g/mol. The Balaban J connectivity index is 0.000000561. The molecule has 0 N–H and O–H groups in total. The third-order valence-corrected chi connectivity index (χ3v) is 4.56. The number of thioether (sulfide) groups is 1. The molecule has 130 valence electrons. The summed E-state index contributed by atoms with van der Waals surface area (Å²) in [6, 6.07) is 7.06. The van der Waals surface area contributed by atoms with E-state index in [1.807, 2.05) is 58.9 Å². The van der Waals surface area contributed by atoms with Gasteiger partial charge in [-0.2, -0.15) is 0 Å². The number of aldehydes is 1. The highest BCUT2D eigenvalue weighted by Gasteiger charge is 2.17. The van der Waals surface area contributed by atoms with Gasteiger partial charge in [-0.25, -0.2) is 0 Å². The zero-order chi connectivity index (χ0) is 18.5. The molecule has 1 rings (SSSR count). The van der Waals surface area contributed by atoms with Crippen LogP contribution in [0.4, 0.5) is 0 Å². The van der Waals surface area contributed by atoms with Crippen LogP contribution in [0.2, 0.25) is 0 Å². The molecular formula is C21H28O2S. The maximum Gasteiger partial charge on any atom is 0.196 e. The Bertz CT molecular complexity index is 580. The van der Waals surface area contributed by atoms with Gasteiger partial charge in [0.05, 0.1) is 0 Å². The maximum absolute atomic E-state index is 11.8. The molecule has 0 aliphatic carbocycles.